The third kappa shape index (κ3) is 3.79. The molecular formula is C19H18N4O4. The van der Waals surface area contributed by atoms with Gasteiger partial charge in [0.2, 0.25) is 0 Å². The summed E-state index contributed by atoms with van der Waals surface area (Å²) in [6, 6.07) is 9.58. The van der Waals surface area contributed by atoms with Crippen LogP contribution in [-0.4, -0.2) is 27.4 Å². The van der Waals surface area contributed by atoms with Crippen LogP contribution in [0.5, 0.6) is 0 Å². The Bertz CT molecular complexity index is 1000. The van der Waals surface area contributed by atoms with Gasteiger partial charge in [-0.3, -0.25) is 19.1 Å². The monoisotopic (exact) mass is 366 g/mol. The summed E-state index contributed by atoms with van der Waals surface area (Å²) in [5.74, 6) is -1.58. The van der Waals surface area contributed by atoms with Gasteiger partial charge in [-0.1, -0.05) is 0 Å². The molecule has 3 aromatic rings. The fourth-order valence-corrected chi connectivity index (χ4v) is 2.64. The van der Waals surface area contributed by atoms with Gasteiger partial charge in [0.1, 0.15) is 0 Å². The molecule has 0 bridgehead atoms. The number of carbonyl (C=O) groups excluding carboxylic acids is 3. The number of hydrogen-bond acceptors (Lipinski definition) is 5. The van der Waals surface area contributed by atoms with Crippen LogP contribution in [0.4, 0.5) is 11.4 Å². The highest BCUT2D eigenvalue weighted by molar-refractivity contribution is 6.47. The number of nitrogens with one attached hydrogen (secondary N) is 2. The second-order valence-electron chi connectivity index (χ2n) is 5.96. The Kier molecular flexibility index (Phi) is 4.89. The number of anilines is 2. The number of furan rings is 1. The molecule has 0 aliphatic heterocycles. The number of ketones is 1. The first-order chi connectivity index (χ1) is 12.9. The van der Waals surface area contributed by atoms with Crippen molar-refractivity contribution < 1.29 is 18.8 Å². The highest BCUT2D eigenvalue weighted by Gasteiger charge is 2.23. The fraction of sp³-hybridized carbons (Fsp3) is 0.158. The van der Waals surface area contributed by atoms with E-state index in [-0.39, 0.29) is 11.7 Å². The van der Waals surface area contributed by atoms with Gasteiger partial charge in [-0.25, -0.2) is 0 Å². The lowest BCUT2D eigenvalue weighted by Gasteiger charge is -2.07. The second kappa shape index (κ2) is 7.28. The average Bonchev–Trinajstić information content (AvgIpc) is 3.25. The predicted molar refractivity (Wildman–Crippen MR) is 98.7 cm³/mol. The molecular weight excluding hydrogens is 348 g/mol. The number of amides is 2. The number of Topliss-reactive ketones (excluding diaryl/α,β-unsaturated/α-hetero) is 1. The molecule has 0 fully saturated rings. The van der Waals surface area contributed by atoms with E-state index < -0.39 is 11.7 Å². The van der Waals surface area contributed by atoms with Crippen molar-refractivity contribution in [2.75, 3.05) is 10.6 Å². The molecule has 1 aromatic carbocycles. The lowest BCUT2D eigenvalue weighted by molar-refractivity contribution is -0.112. The quantitative estimate of drug-likeness (QED) is 0.533. The standard InChI is InChI=1S/C19H18N4O4/c1-11-16(12(2)23(3)22-11)17(24)19(26)21-14-8-6-13(7-9-14)20-18(25)15-5-4-10-27-15/h4-10H,1-3H3,(H,20,25)(H,21,26). The van der Waals surface area contributed by atoms with Gasteiger partial charge in [-0.05, 0) is 50.2 Å². The highest BCUT2D eigenvalue weighted by Crippen LogP contribution is 2.17. The zero-order chi connectivity index (χ0) is 19.6. The van der Waals surface area contributed by atoms with Crippen molar-refractivity contribution in [3.05, 3.63) is 65.4 Å². The maximum atomic E-state index is 12.4. The second-order valence-corrected chi connectivity index (χ2v) is 5.96. The van der Waals surface area contributed by atoms with Crippen LogP contribution in [0.2, 0.25) is 0 Å². The molecule has 0 aliphatic rings. The molecule has 8 nitrogen and oxygen atoms in total. The van der Waals surface area contributed by atoms with Gasteiger partial charge in [-0.2, -0.15) is 5.10 Å². The Balaban J connectivity index is 1.66. The number of benzene rings is 1. The molecule has 2 amide bonds. The summed E-state index contributed by atoms with van der Waals surface area (Å²) in [5, 5.41) is 9.37. The van der Waals surface area contributed by atoms with Gasteiger partial charge in [-0.15, -0.1) is 0 Å². The smallest absolute Gasteiger partial charge is 0.296 e. The first kappa shape index (κ1) is 18.1. The molecule has 2 N–H and O–H groups in total. The largest absolute Gasteiger partial charge is 0.459 e. The van der Waals surface area contributed by atoms with Gasteiger partial charge < -0.3 is 15.1 Å². The fourth-order valence-electron chi connectivity index (χ4n) is 2.64. The topological polar surface area (TPSA) is 106 Å². The Labute approximate surface area is 155 Å². The minimum absolute atomic E-state index is 0.195. The number of rotatable bonds is 5. The zero-order valence-electron chi connectivity index (χ0n) is 15.1. The number of aromatic nitrogens is 2. The SMILES string of the molecule is Cc1nn(C)c(C)c1C(=O)C(=O)Nc1ccc(NC(=O)c2ccco2)cc1. The van der Waals surface area contributed by atoms with E-state index in [1.165, 1.54) is 6.26 Å². The number of hydrogen-bond donors (Lipinski definition) is 2. The minimum atomic E-state index is -0.749. The van der Waals surface area contributed by atoms with E-state index in [0.29, 0.717) is 28.3 Å². The predicted octanol–water partition coefficient (Wildman–Crippen LogP) is 2.70. The van der Waals surface area contributed by atoms with Gasteiger partial charge >= 0.3 is 0 Å². The third-order valence-electron chi connectivity index (χ3n) is 4.09. The molecule has 0 radical (unpaired) electrons. The zero-order valence-corrected chi connectivity index (χ0v) is 15.1. The van der Waals surface area contributed by atoms with E-state index in [4.69, 9.17) is 4.42 Å². The third-order valence-corrected chi connectivity index (χ3v) is 4.09. The molecule has 2 heterocycles. The summed E-state index contributed by atoms with van der Waals surface area (Å²) in [4.78, 5) is 36.6. The van der Waals surface area contributed by atoms with Crippen LogP contribution in [0, 0.1) is 13.8 Å². The van der Waals surface area contributed by atoms with Crippen molar-refractivity contribution in [1.82, 2.24) is 9.78 Å². The van der Waals surface area contributed by atoms with Crippen LogP contribution in [-0.2, 0) is 11.8 Å². The lowest BCUT2D eigenvalue weighted by atomic mass is 10.1. The van der Waals surface area contributed by atoms with Crippen LogP contribution < -0.4 is 10.6 Å². The van der Waals surface area contributed by atoms with Gasteiger partial charge in [0.15, 0.2) is 5.76 Å². The molecule has 27 heavy (non-hydrogen) atoms. The number of aryl methyl sites for hydroxylation is 2. The number of nitrogens with zero attached hydrogens (tertiary/aromatic N) is 2. The van der Waals surface area contributed by atoms with Crippen LogP contribution in [0.25, 0.3) is 0 Å². The summed E-state index contributed by atoms with van der Waals surface area (Å²) in [6.07, 6.45) is 1.41. The lowest BCUT2D eigenvalue weighted by Crippen LogP contribution is -2.24. The Morgan fingerprint density at radius 2 is 1.63 bits per heavy atom. The molecule has 0 spiro atoms. The summed E-state index contributed by atoms with van der Waals surface area (Å²) >= 11 is 0. The molecule has 3 rings (SSSR count). The summed E-state index contributed by atoms with van der Waals surface area (Å²) in [6.45, 7) is 3.42. The van der Waals surface area contributed by atoms with Crippen molar-refractivity contribution in [2.45, 2.75) is 13.8 Å². The molecule has 0 saturated heterocycles. The normalized spacial score (nSPS) is 10.5. The van der Waals surface area contributed by atoms with Gasteiger partial charge in [0.25, 0.3) is 17.6 Å². The molecule has 0 unspecified atom stereocenters. The van der Waals surface area contributed by atoms with E-state index in [2.05, 4.69) is 15.7 Å². The van der Waals surface area contributed by atoms with Crippen LogP contribution in [0.15, 0.2) is 47.1 Å². The summed E-state index contributed by atoms with van der Waals surface area (Å²) in [7, 11) is 1.72. The van der Waals surface area contributed by atoms with Crippen LogP contribution >= 0.6 is 0 Å². The molecule has 2 aromatic heterocycles. The van der Waals surface area contributed by atoms with E-state index in [9.17, 15) is 14.4 Å². The Hall–Kier alpha value is -3.68. The van der Waals surface area contributed by atoms with E-state index in [0.717, 1.165) is 0 Å². The van der Waals surface area contributed by atoms with E-state index in [1.807, 2.05) is 0 Å². The molecule has 0 saturated carbocycles. The minimum Gasteiger partial charge on any atom is -0.459 e. The average molecular weight is 366 g/mol. The van der Waals surface area contributed by atoms with E-state index in [1.54, 1.807) is 62.0 Å². The van der Waals surface area contributed by atoms with Crippen molar-refractivity contribution in [2.24, 2.45) is 7.05 Å². The maximum Gasteiger partial charge on any atom is 0.296 e. The van der Waals surface area contributed by atoms with Gasteiger partial charge in [0.05, 0.1) is 17.5 Å². The molecule has 0 aliphatic carbocycles. The van der Waals surface area contributed by atoms with Crippen molar-refractivity contribution in [3.8, 4) is 0 Å². The maximum absolute atomic E-state index is 12.4. The van der Waals surface area contributed by atoms with Crippen molar-refractivity contribution in [3.63, 3.8) is 0 Å². The first-order valence-corrected chi connectivity index (χ1v) is 8.17. The first-order valence-electron chi connectivity index (χ1n) is 8.17. The molecule has 138 valence electrons. The van der Waals surface area contributed by atoms with Crippen molar-refractivity contribution >= 4 is 29.0 Å². The summed E-state index contributed by atoms with van der Waals surface area (Å²) < 4.78 is 6.58. The molecule has 8 heteroatoms. The van der Waals surface area contributed by atoms with Crippen molar-refractivity contribution in [1.29, 1.82) is 0 Å². The van der Waals surface area contributed by atoms with Gasteiger partial charge in [0, 0.05) is 24.1 Å². The van der Waals surface area contributed by atoms with Crippen LogP contribution in [0.3, 0.4) is 0 Å². The Morgan fingerprint density at radius 1 is 1.00 bits per heavy atom. The summed E-state index contributed by atoms with van der Waals surface area (Å²) in [5.41, 5.74) is 2.40. The Morgan fingerprint density at radius 3 is 2.15 bits per heavy atom. The highest BCUT2D eigenvalue weighted by atomic mass is 16.3. The van der Waals surface area contributed by atoms with E-state index >= 15 is 0 Å². The number of carbonyl (C=O) groups is 3. The molecule has 0 atom stereocenters. The van der Waals surface area contributed by atoms with Crippen LogP contribution in [0.1, 0.15) is 32.3 Å².